The van der Waals surface area contributed by atoms with E-state index in [1.54, 1.807) is 10.4 Å². The molecule has 0 aromatic carbocycles. The number of hydrogen-bond acceptors (Lipinski definition) is 4. The molecule has 0 unspecified atom stereocenters. The molecule has 2 rings (SSSR count). The number of sulfonamides is 1. The predicted molar refractivity (Wildman–Crippen MR) is 89.2 cm³/mol. The Hall–Kier alpha value is -1.24. The summed E-state index contributed by atoms with van der Waals surface area (Å²) >= 11 is 0. The van der Waals surface area contributed by atoms with Gasteiger partial charge in [-0.15, -0.1) is 6.58 Å². The van der Waals surface area contributed by atoms with E-state index in [1.165, 1.54) is 5.56 Å². The average molecular weight is 323 g/mol. The van der Waals surface area contributed by atoms with Crippen molar-refractivity contribution in [3.05, 3.63) is 42.7 Å². The lowest BCUT2D eigenvalue weighted by Crippen LogP contribution is -2.49. The smallest absolute Gasteiger partial charge is 0.214 e. The zero-order valence-corrected chi connectivity index (χ0v) is 13.8. The molecule has 1 aliphatic heterocycles. The fraction of sp³-hybridized carbons (Fsp3) is 0.562. The molecule has 1 aromatic heterocycles. The third-order valence-corrected chi connectivity index (χ3v) is 5.96. The number of piperazine rings is 1. The van der Waals surface area contributed by atoms with E-state index < -0.39 is 10.0 Å². The highest BCUT2D eigenvalue weighted by Gasteiger charge is 2.26. The van der Waals surface area contributed by atoms with E-state index in [0.717, 1.165) is 32.5 Å². The molecule has 0 spiro atoms. The second kappa shape index (κ2) is 8.41. The standard InChI is InChI=1S/C16H25N3O2S/c1-2-3-4-15-22(20,21)19-13-11-18(12-14-19)10-7-16-5-8-17-9-6-16/h2,5-6,8-9H,1,3-4,7,10-15H2. The number of nitrogens with zero attached hydrogens (tertiary/aromatic N) is 3. The first-order valence-corrected chi connectivity index (χ1v) is 9.43. The number of pyridine rings is 1. The maximum atomic E-state index is 12.2. The van der Waals surface area contributed by atoms with Gasteiger partial charge in [-0.2, -0.15) is 4.31 Å². The molecule has 0 amide bonds. The first kappa shape index (κ1) is 17.1. The van der Waals surface area contributed by atoms with Crippen molar-refractivity contribution in [3.63, 3.8) is 0 Å². The van der Waals surface area contributed by atoms with Gasteiger partial charge in [-0.05, 0) is 37.0 Å². The molecular formula is C16H25N3O2S. The van der Waals surface area contributed by atoms with Crippen LogP contribution in [-0.4, -0.2) is 61.1 Å². The van der Waals surface area contributed by atoms with Crippen molar-refractivity contribution in [1.82, 2.24) is 14.2 Å². The summed E-state index contributed by atoms with van der Waals surface area (Å²) in [5.74, 6) is 0.232. The Bertz CT molecular complexity index is 552. The fourth-order valence-electron chi connectivity index (χ4n) is 2.61. The van der Waals surface area contributed by atoms with Gasteiger partial charge in [0.1, 0.15) is 0 Å². The monoisotopic (exact) mass is 323 g/mol. The molecule has 6 heteroatoms. The molecule has 5 nitrogen and oxygen atoms in total. The molecular weight excluding hydrogens is 298 g/mol. The Kier molecular flexibility index (Phi) is 6.54. The molecule has 0 atom stereocenters. The van der Waals surface area contributed by atoms with Gasteiger partial charge < -0.3 is 4.90 Å². The average Bonchev–Trinajstić information content (AvgIpc) is 2.54. The van der Waals surface area contributed by atoms with Gasteiger partial charge in [0.25, 0.3) is 0 Å². The maximum absolute atomic E-state index is 12.2. The molecule has 0 aliphatic carbocycles. The first-order valence-electron chi connectivity index (χ1n) is 7.82. The summed E-state index contributed by atoms with van der Waals surface area (Å²) < 4.78 is 26.1. The first-order chi connectivity index (χ1) is 10.6. The second-order valence-corrected chi connectivity index (χ2v) is 7.68. The van der Waals surface area contributed by atoms with Crippen molar-refractivity contribution in [2.75, 3.05) is 38.5 Å². The van der Waals surface area contributed by atoms with Crippen LogP contribution in [0.5, 0.6) is 0 Å². The maximum Gasteiger partial charge on any atom is 0.214 e. The molecule has 2 heterocycles. The van der Waals surface area contributed by atoms with E-state index >= 15 is 0 Å². The van der Waals surface area contributed by atoms with E-state index in [2.05, 4.69) is 16.5 Å². The molecule has 122 valence electrons. The summed E-state index contributed by atoms with van der Waals surface area (Å²) in [4.78, 5) is 6.34. The Morgan fingerprint density at radius 1 is 1.18 bits per heavy atom. The summed E-state index contributed by atoms with van der Waals surface area (Å²) in [6, 6.07) is 4.06. The van der Waals surface area contributed by atoms with Gasteiger partial charge in [-0.25, -0.2) is 8.42 Å². The highest BCUT2D eigenvalue weighted by molar-refractivity contribution is 7.89. The van der Waals surface area contributed by atoms with Crippen molar-refractivity contribution in [2.24, 2.45) is 0 Å². The van der Waals surface area contributed by atoms with Crippen LogP contribution in [0.25, 0.3) is 0 Å². The molecule has 1 aliphatic rings. The van der Waals surface area contributed by atoms with Gasteiger partial charge >= 0.3 is 0 Å². The largest absolute Gasteiger partial charge is 0.300 e. The van der Waals surface area contributed by atoms with E-state index in [-0.39, 0.29) is 5.75 Å². The van der Waals surface area contributed by atoms with E-state index in [1.807, 2.05) is 24.5 Å². The van der Waals surface area contributed by atoms with Crippen molar-refractivity contribution < 1.29 is 8.42 Å². The SMILES string of the molecule is C=CCCCS(=O)(=O)N1CCN(CCc2ccncc2)CC1. The third kappa shape index (κ3) is 5.19. The van der Waals surface area contributed by atoms with Crippen LogP contribution in [0, 0.1) is 0 Å². The van der Waals surface area contributed by atoms with E-state index in [9.17, 15) is 8.42 Å². The zero-order valence-electron chi connectivity index (χ0n) is 13.0. The normalized spacial score (nSPS) is 17.5. The number of unbranched alkanes of at least 4 members (excludes halogenated alkanes) is 1. The molecule has 1 fully saturated rings. The van der Waals surface area contributed by atoms with Gasteiger partial charge in [0.05, 0.1) is 5.75 Å². The summed E-state index contributed by atoms with van der Waals surface area (Å²) in [7, 11) is -3.10. The number of hydrogen-bond donors (Lipinski definition) is 0. The van der Waals surface area contributed by atoms with Crippen LogP contribution in [-0.2, 0) is 16.4 Å². The lowest BCUT2D eigenvalue weighted by molar-refractivity contribution is 0.190. The predicted octanol–water partition coefficient (Wildman–Crippen LogP) is 1.54. The van der Waals surface area contributed by atoms with Crippen LogP contribution in [0.4, 0.5) is 0 Å². The minimum absolute atomic E-state index is 0.232. The minimum Gasteiger partial charge on any atom is -0.300 e. The number of allylic oxidation sites excluding steroid dienone is 1. The zero-order chi connectivity index (χ0) is 15.8. The van der Waals surface area contributed by atoms with E-state index in [0.29, 0.717) is 19.5 Å². The van der Waals surface area contributed by atoms with Gasteiger partial charge in [0, 0.05) is 45.1 Å². The third-order valence-electron chi connectivity index (χ3n) is 4.00. The molecule has 0 N–H and O–H groups in total. The molecule has 1 aromatic rings. The summed E-state index contributed by atoms with van der Waals surface area (Å²) in [6.07, 6.45) is 7.78. The van der Waals surface area contributed by atoms with Crippen molar-refractivity contribution in [1.29, 1.82) is 0 Å². The molecule has 0 radical (unpaired) electrons. The van der Waals surface area contributed by atoms with Gasteiger partial charge in [0.15, 0.2) is 0 Å². The summed E-state index contributed by atoms with van der Waals surface area (Å²) in [6.45, 7) is 7.43. The second-order valence-electron chi connectivity index (χ2n) is 5.59. The number of rotatable bonds is 8. The topological polar surface area (TPSA) is 53.5 Å². The number of aromatic nitrogens is 1. The van der Waals surface area contributed by atoms with Crippen LogP contribution in [0.1, 0.15) is 18.4 Å². The van der Waals surface area contributed by atoms with Crippen molar-refractivity contribution >= 4 is 10.0 Å². The molecule has 0 saturated carbocycles. The fourth-order valence-corrected chi connectivity index (χ4v) is 4.12. The Labute approximate surface area is 133 Å². The highest BCUT2D eigenvalue weighted by Crippen LogP contribution is 2.11. The van der Waals surface area contributed by atoms with Crippen LogP contribution >= 0.6 is 0 Å². The summed E-state index contributed by atoms with van der Waals surface area (Å²) in [5, 5.41) is 0. The Morgan fingerprint density at radius 2 is 1.86 bits per heavy atom. The lowest BCUT2D eigenvalue weighted by Gasteiger charge is -2.34. The Balaban J connectivity index is 1.74. The van der Waals surface area contributed by atoms with Crippen LogP contribution in [0.3, 0.4) is 0 Å². The highest BCUT2D eigenvalue weighted by atomic mass is 32.2. The molecule has 1 saturated heterocycles. The van der Waals surface area contributed by atoms with Crippen molar-refractivity contribution in [2.45, 2.75) is 19.3 Å². The van der Waals surface area contributed by atoms with Crippen LogP contribution < -0.4 is 0 Å². The van der Waals surface area contributed by atoms with Gasteiger partial charge in [0.2, 0.25) is 10.0 Å². The van der Waals surface area contributed by atoms with Crippen LogP contribution in [0.2, 0.25) is 0 Å². The molecule has 0 bridgehead atoms. The molecule has 22 heavy (non-hydrogen) atoms. The van der Waals surface area contributed by atoms with Crippen molar-refractivity contribution in [3.8, 4) is 0 Å². The van der Waals surface area contributed by atoms with E-state index in [4.69, 9.17) is 0 Å². The van der Waals surface area contributed by atoms with Gasteiger partial charge in [-0.3, -0.25) is 4.98 Å². The summed E-state index contributed by atoms with van der Waals surface area (Å²) in [5.41, 5.74) is 1.27. The lowest BCUT2D eigenvalue weighted by atomic mass is 10.2. The minimum atomic E-state index is -3.10. The van der Waals surface area contributed by atoms with Crippen LogP contribution in [0.15, 0.2) is 37.2 Å². The van der Waals surface area contributed by atoms with Gasteiger partial charge in [-0.1, -0.05) is 6.08 Å². The quantitative estimate of drug-likeness (QED) is 0.538. The Morgan fingerprint density at radius 3 is 2.50 bits per heavy atom.